The van der Waals surface area contributed by atoms with E-state index in [0.717, 1.165) is 6.42 Å². The Hall–Kier alpha value is -0.510. The lowest BCUT2D eigenvalue weighted by molar-refractivity contribution is -0.126. The van der Waals surface area contributed by atoms with Crippen LogP contribution in [-0.2, 0) is 9.59 Å². The molecule has 0 saturated carbocycles. The molecule has 3 nitrogen and oxygen atoms in total. The van der Waals surface area contributed by atoms with Crippen molar-refractivity contribution in [3.63, 3.8) is 0 Å². The number of ketones is 1. The van der Waals surface area contributed by atoms with Crippen molar-refractivity contribution in [2.45, 2.75) is 64.9 Å². The molecule has 0 aliphatic carbocycles. The van der Waals surface area contributed by atoms with Gasteiger partial charge in [-0.2, -0.15) is 0 Å². The molecule has 0 radical (unpaired) electrons. The molecule has 0 aromatic heterocycles. The molecule has 112 valence electrons. The molecule has 2 atom stereocenters. The summed E-state index contributed by atoms with van der Waals surface area (Å²) in [5.41, 5.74) is 5.47. The first kappa shape index (κ1) is 18.5. The Morgan fingerprint density at radius 3 is 1.84 bits per heavy atom. The van der Waals surface area contributed by atoms with Crippen molar-refractivity contribution in [3.8, 4) is 0 Å². The number of primary amides is 1. The lowest BCUT2D eigenvalue weighted by atomic mass is 9.85. The number of carbonyl (C=O) groups is 2. The smallest absolute Gasteiger partial charge is 0.230 e. The summed E-state index contributed by atoms with van der Waals surface area (Å²) in [7, 11) is 0. The summed E-state index contributed by atoms with van der Waals surface area (Å²) in [5, 5.41) is 0.0813. The van der Waals surface area contributed by atoms with Gasteiger partial charge >= 0.3 is 0 Å². The first-order chi connectivity index (χ1) is 8.65. The number of rotatable bonds is 9. The van der Waals surface area contributed by atoms with E-state index in [9.17, 15) is 9.59 Å². The fraction of sp³-hybridized carbons (Fsp3) is 0.867. The third-order valence-corrected chi connectivity index (χ3v) is 4.28. The summed E-state index contributed by atoms with van der Waals surface area (Å²) in [6.45, 7) is 12.1. The fourth-order valence-electron chi connectivity index (χ4n) is 2.19. The molecule has 1 amide bonds. The van der Waals surface area contributed by atoms with Crippen molar-refractivity contribution in [1.82, 2.24) is 0 Å². The van der Waals surface area contributed by atoms with Gasteiger partial charge in [-0.05, 0) is 24.0 Å². The maximum Gasteiger partial charge on any atom is 0.230 e. The molecule has 0 aliphatic rings. The number of carbonyl (C=O) groups excluding carboxylic acids is 2. The standard InChI is InChI=1S/C15H29NO2S/c1-9(2)7-12(14(17)10(3)4)8-13(15(16)18)19-11(5)6/h9-13H,7-8H2,1-6H3,(H2,16,18). The highest BCUT2D eigenvalue weighted by Gasteiger charge is 2.28. The van der Waals surface area contributed by atoms with Crippen LogP contribution in [0.5, 0.6) is 0 Å². The second-order valence-corrected chi connectivity index (χ2v) is 7.98. The van der Waals surface area contributed by atoms with E-state index in [1.807, 2.05) is 27.7 Å². The van der Waals surface area contributed by atoms with Crippen molar-refractivity contribution in [1.29, 1.82) is 0 Å². The van der Waals surface area contributed by atoms with Crippen LogP contribution < -0.4 is 5.73 Å². The number of hydrogen-bond acceptors (Lipinski definition) is 3. The summed E-state index contributed by atoms with van der Waals surface area (Å²) in [4.78, 5) is 23.8. The molecule has 0 saturated heterocycles. The van der Waals surface area contributed by atoms with E-state index in [0.29, 0.717) is 17.6 Å². The number of thioether (sulfide) groups is 1. The van der Waals surface area contributed by atoms with Crippen molar-refractivity contribution in [2.24, 2.45) is 23.5 Å². The quantitative estimate of drug-likeness (QED) is 0.708. The van der Waals surface area contributed by atoms with E-state index < -0.39 is 0 Å². The third kappa shape index (κ3) is 7.61. The van der Waals surface area contributed by atoms with Gasteiger partial charge in [0.15, 0.2) is 0 Å². The third-order valence-electron chi connectivity index (χ3n) is 2.98. The van der Waals surface area contributed by atoms with Crippen LogP contribution >= 0.6 is 11.8 Å². The van der Waals surface area contributed by atoms with Gasteiger partial charge in [0.1, 0.15) is 5.78 Å². The predicted molar refractivity (Wildman–Crippen MR) is 83.1 cm³/mol. The molecule has 0 aliphatic heterocycles. The zero-order valence-electron chi connectivity index (χ0n) is 13.1. The van der Waals surface area contributed by atoms with Gasteiger partial charge in [0.25, 0.3) is 0 Å². The van der Waals surface area contributed by atoms with Gasteiger partial charge in [0, 0.05) is 11.8 Å². The summed E-state index contributed by atoms with van der Waals surface area (Å²) in [6.07, 6.45) is 1.41. The molecule has 4 heteroatoms. The summed E-state index contributed by atoms with van der Waals surface area (Å²) >= 11 is 1.57. The van der Waals surface area contributed by atoms with Crippen LogP contribution in [0.2, 0.25) is 0 Å². The Labute approximate surface area is 122 Å². The molecule has 0 fully saturated rings. The second-order valence-electron chi connectivity index (χ2n) is 6.20. The Bertz CT molecular complexity index is 301. The SMILES string of the molecule is CC(C)CC(CC(SC(C)C)C(N)=O)C(=O)C(C)C. The molecule has 0 rings (SSSR count). The van der Waals surface area contributed by atoms with Gasteiger partial charge in [-0.15, -0.1) is 11.8 Å². The monoisotopic (exact) mass is 287 g/mol. The van der Waals surface area contributed by atoms with Crippen LogP contribution in [0.15, 0.2) is 0 Å². The van der Waals surface area contributed by atoms with E-state index in [1.165, 1.54) is 0 Å². The van der Waals surface area contributed by atoms with E-state index >= 15 is 0 Å². The molecule has 2 unspecified atom stereocenters. The zero-order valence-corrected chi connectivity index (χ0v) is 13.9. The second kappa shape index (κ2) is 8.62. The fourth-order valence-corrected chi connectivity index (χ4v) is 3.33. The minimum atomic E-state index is -0.302. The van der Waals surface area contributed by atoms with Crippen molar-refractivity contribution in [3.05, 3.63) is 0 Å². The van der Waals surface area contributed by atoms with E-state index in [1.54, 1.807) is 11.8 Å². The lowest BCUT2D eigenvalue weighted by Gasteiger charge is -2.24. The molecule has 19 heavy (non-hydrogen) atoms. The largest absolute Gasteiger partial charge is 0.369 e. The highest BCUT2D eigenvalue weighted by Crippen LogP contribution is 2.28. The summed E-state index contributed by atoms with van der Waals surface area (Å²) in [6, 6.07) is 0. The summed E-state index contributed by atoms with van der Waals surface area (Å²) < 4.78 is 0. The van der Waals surface area contributed by atoms with E-state index in [2.05, 4.69) is 13.8 Å². The van der Waals surface area contributed by atoms with E-state index in [-0.39, 0.29) is 28.8 Å². The van der Waals surface area contributed by atoms with Crippen LogP contribution in [-0.4, -0.2) is 22.2 Å². The van der Waals surface area contributed by atoms with E-state index in [4.69, 9.17) is 5.73 Å². The van der Waals surface area contributed by atoms with Gasteiger partial charge in [-0.1, -0.05) is 41.5 Å². The normalized spacial score (nSPS) is 15.0. The lowest BCUT2D eigenvalue weighted by Crippen LogP contribution is -2.33. The van der Waals surface area contributed by atoms with Crippen LogP contribution in [0, 0.1) is 17.8 Å². The predicted octanol–water partition coefficient (Wildman–Crippen LogP) is 3.26. The number of amides is 1. The maximum atomic E-state index is 12.3. The van der Waals surface area contributed by atoms with Crippen LogP contribution in [0.3, 0.4) is 0 Å². The Morgan fingerprint density at radius 1 is 1.00 bits per heavy atom. The van der Waals surface area contributed by atoms with Gasteiger partial charge in [0.05, 0.1) is 5.25 Å². The topological polar surface area (TPSA) is 60.2 Å². The first-order valence-corrected chi connectivity index (χ1v) is 8.07. The van der Waals surface area contributed by atoms with Crippen LogP contribution in [0.1, 0.15) is 54.4 Å². The summed E-state index contributed by atoms with van der Waals surface area (Å²) in [5.74, 6) is 0.365. The molecule has 0 heterocycles. The number of Topliss-reactive ketones (excluding diaryl/α,β-unsaturated/α-hetero) is 1. The molecule has 0 aromatic carbocycles. The van der Waals surface area contributed by atoms with Crippen molar-refractivity contribution in [2.75, 3.05) is 0 Å². The van der Waals surface area contributed by atoms with Gasteiger partial charge in [-0.25, -0.2) is 0 Å². The maximum absolute atomic E-state index is 12.3. The molecule has 0 bridgehead atoms. The molecule has 2 N–H and O–H groups in total. The Morgan fingerprint density at radius 2 is 1.53 bits per heavy atom. The van der Waals surface area contributed by atoms with Gasteiger partial charge in [-0.3, -0.25) is 9.59 Å². The molecule has 0 aromatic rings. The Balaban J connectivity index is 4.84. The van der Waals surface area contributed by atoms with Gasteiger partial charge < -0.3 is 5.73 Å². The Kier molecular flexibility index (Phi) is 8.39. The minimum absolute atomic E-state index is 0.0151. The average Bonchev–Trinajstić information content (AvgIpc) is 2.24. The highest BCUT2D eigenvalue weighted by molar-refractivity contribution is 8.01. The van der Waals surface area contributed by atoms with Gasteiger partial charge in [0.2, 0.25) is 5.91 Å². The molecular formula is C15H29NO2S. The minimum Gasteiger partial charge on any atom is -0.369 e. The average molecular weight is 287 g/mol. The number of hydrogen-bond donors (Lipinski definition) is 1. The van der Waals surface area contributed by atoms with Crippen molar-refractivity contribution >= 4 is 23.5 Å². The zero-order chi connectivity index (χ0) is 15.2. The molecule has 0 spiro atoms. The van der Waals surface area contributed by atoms with Crippen molar-refractivity contribution < 1.29 is 9.59 Å². The van der Waals surface area contributed by atoms with Crippen LogP contribution in [0.25, 0.3) is 0 Å². The number of nitrogens with two attached hydrogens (primary N) is 1. The molecular weight excluding hydrogens is 258 g/mol. The highest BCUT2D eigenvalue weighted by atomic mass is 32.2. The van der Waals surface area contributed by atoms with Crippen LogP contribution in [0.4, 0.5) is 0 Å². The first-order valence-electron chi connectivity index (χ1n) is 7.13.